The van der Waals surface area contributed by atoms with E-state index in [1.807, 2.05) is 30.7 Å². The SMILES string of the molecule is CC(C)n1cccc1C(=O)Nc1nncn1C. The van der Waals surface area contributed by atoms with Crippen molar-refractivity contribution in [2.75, 3.05) is 5.32 Å². The van der Waals surface area contributed by atoms with Crippen molar-refractivity contribution in [1.82, 2.24) is 19.3 Å². The minimum Gasteiger partial charge on any atom is -0.341 e. The molecule has 0 radical (unpaired) electrons. The van der Waals surface area contributed by atoms with Crippen LogP contribution in [0.4, 0.5) is 5.95 Å². The molecule has 1 N–H and O–H groups in total. The van der Waals surface area contributed by atoms with Gasteiger partial charge in [0.1, 0.15) is 12.0 Å². The van der Waals surface area contributed by atoms with Crippen molar-refractivity contribution in [2.24, 2.45) is 7.05 Å². The zero-order valence-electron chi connectivity index (χ0n) is 10.1. The quantitative estimate of drug-likeness (QED) is 0.872. The molecule has 2 aromatic rings. The van der Waals surface area contributed by atoms with Crippen LogP contribution in [0.5, 0.6) is 0 Å². The maximum absolute atomic E-state index is 12.0. The fraction of sp³-hybridized carbons (Fsp3) is 0.364. The summed E-state index contributed by atoms with van der Waals surface area (Å²) in [4.78, 5) is 12.0. The van der Waals surface area contributed by atoms with Gasteiger partial charge in [0.25, 0.3) is 5.91 Å². The third-order valence-corrected chi connectivity index (χ3v) is 2.50. The van der Waals surface area contributed by atoms with E-state index >= 15 is 0 Å². The largest absolute Gasteiger partial charge is 0.341 e. The molecule has 0 saturated heterocycles. The van der Waals surface area contributed by atoms with Crippen LogP contribution in [-0.4, -0.2) is 25.2 Å². The predicted octanol–water partition coefficient (Wildman–Crippen LogP) is 1.45. The van der Waals surface area contributed by atoms with Crippen LogP contribution >= 0.6 is 0 Å². The lowest BCUT2D eigenvalue weighted by molar-refractivity contribution is 0.101. The molecule has 0 aliphatic rings. The maximum Gasteiger partial charge on any atom is 0.274 e. The van der Waals surface area contributed by atoms with Crippen molar-refractivity contribution < 1.29 is 4.79 Å². The second-order valence-corrected chi connectivity index (χ2v) is 4.11. The zero-order valence-corrected chi connectivity index (χ0v) is 10.1. The molecular weight excluding hydrogens is 218 g/mol. The first kappa shape index (κ1) is 11.4. The fourth-order valence-corrected chi connectivity index (χ4v) is 1.60. The lowest BCUT2D eigenvalue weighted by Gasteiger charge is -2.12. The highest BCUT2D eigenvalue weighted by atomic mass is 16.2. The van der Waals surface area contributed by atoms with Gasteiger partial charge in [-0.3, -0.25) is 10.1 Å². The first-order chi connectivity index (χ1) is 8.09. The van der Waals surface area contributed by atoms with Gasteiger partial charge in [-0.15, -0.1) is 10.2 Å². The molecule has 90 valence electrons. The molecule has 0 bridgehead atoms. The van der Waals surface area contributed by atoms with E-state index in [4.69, 9.17) is 0 Å². The van der Waals surface area contributed by atoms with Crippen molar-refractivity contribution in [3.8, 4) is 0 Å². The van der Waals surface area contributed by atoms with Crippen LogP contribution in [0.15, 0.2) is 24.7 Å². The number of nitrogens with one attached hydrogen (secondary N) is 1. The molecule has 6 heteroatoms. The molecule has 6 nitrogen and oxygen atoms in total. The summed E-state index contributed by atoms with van der Waals surface area (Å²) in [6.45, 7) is 4.05. The van der Waals surface area contributed by atoms with Gasteiger partial charge in [-0.05, 0) is 26.0 Å². The number of carbonyl (C=O) groups excluding carboxylic acids is 1. The standard InChI is InChI=1S/C11H15N5O/c1-8(2)16-6-4-5-9(16)10(17)13-11-14-12-7-15(11)3/h4-8H,1-3H3,(H,13,14,17). The monoisotopic (exact) mass is 233 g/mol. The average molecular weight is 233 g/mol. The Bertz CT molecular complexity index is 525. The van der Waals surface area contributed by atoms with E-state index in [9.17, 15) is 4.79 Å². The zero-order chi connectivity index (χ0) is 12.4. The number of nitrogens with zero attached hydrogens (tertiary/aromatic N) is 4. The summed E-state index contributed by atoms with van der Waals surface area (Å²) in [6.07, 6.45) is 3.42. The minimum absolute atomic E-state index is 0.181. The Labute approximate surface area is 99.3 Å². The molecule has 0 unspecified atom stereocenters. The van der Waals surface area contributed by atoms with Gasteiger partial charge in [-0.2, -0.15) is 0 Å². The number of rotatable bonds is 3. The van der Waals surface area contributed by atoms with E-state index in [2.05, 4.69) is 15.5 Å². The van der Waals surface area contributed by atoms with Crippen LogP contribution in [-0.2, 0) is 7.05 Å². The number of anilines is 1. The Morgan fingerprint density at radius 2 is 2.24 bits per heavy atom. The molecule has 1 amide bonds. The van der Waals surface area contributed by atoms with Crippen LogP contribution < -0.4 is 5.32 Å². The number of carbonyl (C=O) groups is 1. The molecule has 0 atom stereocenters. The molecule has 0 spiro atoms. The van der Waals surface area contributed by atoms with Gasteiger partial charge in [0.05, 0.1) is 0 Å². The Hall–Kier alpha value is -2.11. The molecule has 2 rings (SSSR count). The van der Waals surface area contributed by atoms with Gasteiger partial charge in [0.2, 0.25) is 5.95 Å². The first-order valence-corrected chi connectivity index (χ1v) is 5.41. The fourth-order valence-electron chi connectivity index (χ4n) is 1.60. The summed E-state index contributed by atoms with van der Waals surface area (Å²) in [5.41, 5.74) is 0.614. The third kappa shape index (κ3) is 2.20. The van der Waals surface area contributed by atoms with Crippen LogP contribution in [0.2, 0.25) is 0 Å². The number of hydrogen-bond donors (Lipinski definition) is 1. The highest BCUT2D eigenvalue weighted by molar-refractivity contribution is 6.02. The average Bonchev–Trinajstić information content (AvgIpc) is 2.87. The summed E-state index contributed by atoms with van der Waals surface area (Å²) < 4.78 is 3.56. The summed E-state index contributed by atoms with van der Waals surface area (Å²) in [5.74, 6) is 0.256. The Balaban J connectivity index is 2.21. The van der Waals surface area contributed by atoms with E-state index in [1.165, 1.54) is 6.33 Å². The molecule has 2 aromatic heterocycles. The molecule has 0 fully saturated rings. The maximum atomic E-state index is 12.0. The normalized spacial score (nSPS) is 10.8. The van der Waals surface area contributed by atoms with E-state index in [0.717, 1.165) is 0 Å². The summed E-state index contributed by atoms with van der Waals surface area (Å²) in [5, 5.41) is 10.2. The highest BCUT2D eigenvalue weighted by Crippen LogP contribution is 2.12. The van der Waals surface area contributed by atoms with Gasteiger partial charge in [-0.25, -0.2) is 0 Å². The van der Waals surface area contributed by atoms with Crippen molar-refractivity contribution in [2.45, 2.75) is 19.9 Å². The van der Waals surface area contributed by atoms with Gasteiger partial charge < -0.3 is 9.13 Å². The second-order valence-electron chi connectivity index (χ2n) is 4.11. The van der Waals surface area contributed by atoms with E-state index in [1.54, 1.807) is 17.7 Å². The number of aromatic nitrogens is 4. The van der Waals surface area contributed by atoms with Crippen molar-refractivity contribution in [1.29, 1.82) is 0 Å². The van der Waals surface area contributed by atoms with Gasteiger partial charge in [0, 0.05) is 19.3 Å². The smallest absolute Gasteiger partial charge is 0.274 e. The van der Waals surface area contributed by atoms with Gasteiger partial charge >= 0.3 is 0 Å². The summed E-state index contributed by atoms with van der Waals surface area (Å²) in [6, 6.07) is 3.88. The molecule has 0 aromatic carbocycles. The van der Waals surface area contributed by atoms with Crippen molar-refractivity contribution in [3.05, 3.63) is 30.4 Å². The Kier molecular flexibility index (Phi) is 2.95. The molecule has 2 heterocycles. The van der Waals surface area contributed by atoms with Crippen LogP contribution in [0.25, 0.3) is 0 Å². The van der Waals surface area contributed by atoms with Crippen LogP contribution in [0, 0.1) is 0 Å². The minimum atomic E-state index is -0.181. The van der Waals surface area contributed by atoms with Crippen molar-refractivity contribution >= 4 is 11.9 Å². The van der Waals surface area contributed by atoms with E-state index in [0.29, 0.717) is 11.6 Å². The number of hydrogen-bond acceptors (Lipinski definition) is 3. The number of amides is 1. The lowest BCUT2D eigenvalue weighted by atomic mass is 10.3. The topological polar surface area (TPSA) is 64.7 Å². The molecule has 0 aliphatic heterocycles. The lowest BCUT2D eigenvalue weighted by Crippen LogP contribution is -2.19. The van der Waals surface area contributed by atoms with Gasteiger partial charge in [-0.1, -0.05) is 0 Å². The third-order valence-electron chi connectivity index (χ3n) is 2.50. The van der Waals surface area contributed by atoms with E-state index < -0.39 is 0 Å². The molecule has 0 aliphatic carbocycles. The summed E-state index contributed by atoms with van der Waals surface area (Å²) >= 11 is 0. The summed E-state index contributed by atoms with van der Waals surface area (Å²) in [7, 11) is 1.77. The Morgan fingerprint density at radius 1 is 1.47 bits per heavy atom. The number of aryl methyl sites for hydroxylation is 1. The molecule has 17 heavy (non-hydrogen) atoms. The van der Waals surface area contributed by atoms with Gasteiger partial charge in [0.15, 0.2) is 0 Å². The first-order valence-electron chi connectivity index (χ1n) is 5.41. The second kappa shape index (κ2) is 4.40. The molecular formula is C11H15N5O. The molecule has 0 saturated carbocycles. The van der Waals surface area contributed by atoms with Crippen molar-refractivity contribution in [3.63, 3.8) is 0 Å². The van der Waals surface area contributed by atoms with Crippen LogP contribution in [0.1, 0.15) is 30.4 Å². The predicted molar refractivity (Wildman–Crippen MR) is 63.8 cm³/mol. The van der Waals surface area contributed by atoms with E-state index in [-0.39, 0.29) is 11.9 Å². The Morgan fingerprint density at radius 3 is 2.82 bits per heavy atom. The van der Waals surface area contributed by atoms with Crippen LogP contribution in [0.3, 0.4) is 0 Å². The highest BCUT2D eigenvalue weighted by Gasteiger charge is 2.14.